The van der Waals surface area contributed by atoms with Gasteiger partial charge in [-0.2, -0.15) is 0 Å². The van der Waals surface area contributed by atoms with Crippen molar-refractivity contribution < 1.29 is 9.59 Å². The number of aryl methyl sites for hydroxylation is 3. The maximum Gasteiger partial charge on any atom is 0.328 e. The van der Waals surface area contributed by atoms with Gasteiger partial charge in [-0.15, -0.1) is 0 Å². The second kappa shape index (κ2) is 6.53. The van der Waals surface area contributed by atoms with Crippen LogP contribution in [0.2, 0.25) is 0 Å². The number of anilines is 1. The summed E-state index contributed by atoms with van der Waals surface area (Å²) in [5.74, 6) is -0.858. The van der Waals surface area contributed by atoms with E-state index >= 15 is 0 Å². The molecule has 1 fully saturated rings. The van der Waals surface area contributed by atoms with Crippen molar-refractivity contribution in [3.8, 4) is 0 Å². The second-order valence-electron chi connectivity index (χ2n) is 6.81. The van der Waals surface area contributed by atoms with E-state index in [1.54, 1.807) is 36.9 Å². The van der Waals surface area contributed by atoms with Crippen LogP contribution < -0.4 is 16.1 Å². The first kappa shape index (κ1) is 17.8. The molecule has 2 heterocycles. The maximum atomic E-state index is 12.8. The third-order valence-electron chi connectivity index (χ3n) is 5.10. The number of carbonyl (C=O) groups is 2. The highest BCUT2D eigenvalue weighted by atomic mass is 16.2. The van der Waals surface area contributed by atoms with Crippen LogP contribution in [0, 0.1) is 0 Å². The van der Waals surface area contributed by atoms with Crippen molar-refractivity contribution >= 4 is 34.6 Å². The molecule has 1 aliphatic rings. The number of carbonyl (C=O) groups excluding carboxylic acids is 2. The largest absolute Gasteiger partial charge is 0.328 e. The van der Waals surface area contributed by atoms with Gasteiger partial charge in [0.05, 0.1) is 16.7 Å². The van der Waals surface area contributed by atoms with Crippen LogP contribution in [0.25, 0.3) is 17.1 Å². The van der Waals surface area contributed by atoms with E-state index in [4.69, 9.17) is 0 Å². The normalized spacial score (nSPS) is 15.7. The van der Waals surface area contributed by atoms with Gasteiger partial charge in [0.25, 0.3) is 11.8 Å². The van der Waals surface area contributed by atoms with Gasteiger partial charge in [-0.25, -0.2) is 9.80 Å². The molecule has 0 unspecified atom stereocenters. The topological polar surface area (TPSA) is 76.3 Å². The van der Waals surface area contributed by atoms with E-state index in [0.717, 1.165) is 23.0 Å². The standard InChI is InChI=1S/C21H20N4O3/c1-4-13-5-8-15(9-6-13)25-20(27)16(19(26)22-25)11-14-7-10-17-18(12-14)24(3)21(28)23(17)2/h5-12H,4H2,1-3H3,(H,22,26)/b16-11+. The monoisotopic (exact) mass is 376 g/mol. The van der Waals surface area contributed by atoms with Crippen LogP contribution in [-0.4, -0.2) is 20.9 Å². The lowest BCUT2D eigenvalue weighted by Crippen LogP contribution is -2.35. The molecule has 0 aliphatic carbocycles. The molecule has 1 saturated heterocycles. The summed E-state index contributed by atoms with van der Waals surface area (Å²) >= 11 is 0. The summed E-state index contributed by atoms with van der Waals surface area (Å²) in [6.45, 7) is 2.05. The average Bonchev–Trinajstić information content (AvgIpc) is 3.11. The van der Waals surface area contributed by atoms with Crippen molar-refractivity contribution in [1.29, 1.82) is 0 Å². The molecule has 0 bridgehead atoms. The minimum Gasteiger partial charge on any atom is -0.295 e. The van der Waals surface area contributed by atoms with E-state index < -0.39 is 11.8 Å². The number of amides is 2. The molecule has 2 amide bonds. The van der Waals surface area contributed by atoms with Gasteiger partial charge in [-0.3, -0.25) is 24.1 Å². The number of rotatable bonds is 3. The van der Waals surface area contributed by atoms with Gasteiger partial charge in [0.15, 0.2) is 0 Å². The number of hydrogen-bond acceptors (Lipinski definition) is 3. The first-order valence-corrected chi connectivity index (χ1v) is 9.02. The van der Waals surface area contributed by atoms with E-state index in [-0.39, 0.29) is 11.3 Å². The smallest absolute Gasteiger partial charge is 0.295 e. The Bertz CT molecular complexity index is 1200. The molecule has 4 rings (SSSR count). The lowest BCUT2D eigenvalue weighted by Gasteiger charge is -2.14. The molecule has 0 saturated carbocycles. The Morgan fingerprint density at radius 3 is 2.29 bits per heavy atom. The number of imidazole rings is 1. The fourth-order valence-electron chi connectivity index (χ4n) is 3.40. The van der Waals surface area contributed by atoms with Gasteiger partial charge in [0.2, 0.25) is 0 Å². The van der Waals surface area contributed by atoms with Gasteiger partial charge in [0, 0.05) is 14.1 Å². The predicted octanol–water partition coefficient (Wildman–Crippen LogP) is 1.90. The third kappa shape index (κ3) is 2.72. The van der Waals surface area contributed by atoms with E-state index in [1.165, 1.54) is 9.58 Å². The van der Waals surface area contributed by atoms with Gasteiger partial charge in [-0.1, -0.05) is 25.1 Å². The summed E-state index contributed by atoms with van der Waals surface area (Å²) in [5.41, 5.74) is 6.50. The quantitative estimate of drug-likeness (QED) is 0.560. The number of hydrogen-bond donors (Lipinski definition) is 1. The number of nitrogens with zero attached hydrogens (tertiary/aromatic N) is 3. The van der Waals surface area contributed by atoms with E-state index in [2.05, 4.69) is 12.3 Å². The summed E-state index contributed by atoms with van der Waals surface area (Å²) in [5, 5.41) is 1.25. The molecule has 1 aliphatic heterocycles. The zero-order chi connectivity index (χ0) is 20.0. The van der Waals surface area contributed by atoms with Gasteiger partial charge in [-0.05, 0) is 47.9 Å². The molecular formula is C21H20N4O3. The van der Waals surface area contributed by atoms with E-state index in [1.807, 2.05) is 30.3 Å². The Morgan fingerprint density at radius 2 is 1.61 bits per heavy atom. The zero-order valence-corrected chi connectivity index (χ0v) is 15.9. The Kier molecular flexibility index (Phi) is 4.15. The molecule has 3 aromatic rings. The van der Waals surface area contributed by atoms with Crippen LogP contribution in [0.1, 0.15) is 18.1 Å². The number of fused-ring (bicyclic) bond motifs is 1. The molecule has 1 aromatic heterocycles. The van der Waals surface area contributed by atoms with Crippen molar-refractivity contribution in [2.24, 2.45) is 14.1 Å². The van der Waals surface area contributed by atoms with Crippen LogP contribution >= 0.6 is 0 Å². The number of aromatic nitrogens is 2. The lowest BCUT2D eigenvalue weighted by atomic mass is 10.1. The summed E-state index contributed by atoms with van der Waals surface area (Å²) in [7, 11) is 3.40. The van der Waals surface area contributed by atoms with E-state index in [9.17, 15) is 14.4 Å². The second-order valence-corrected chi connectivity index (χ2v) is 6.81. The summed E-state index contributed by atoms with van der Waals surface area (Å²) in [4.78, 5) is 37.2. The van der Waals surface area contributed by atoms with Crippen LogP contribution in [0.4, 0.5) is 5.69 Å². The minimum atomic E-state index is -0.452. The van der Waals surface area contributed by atoms with Crippen LogP contribution in [-0.2, 0) is 30.1 Å². The summed E-state index contributed by atoms with van der Waals surface area (Å²) in [6.07, 6.45) is 2.45. The Balaban J connectivity index is 1.70. The highest BCUT2D eigenvalue weighted by Gasteiger charge is 2.34. The van der Waals surface area contributed by atoms with Crippen LogP contribution in [0.5, 0.6) is 0 Å². The average molecular weight is 376 g/mol. The summed E-state index contributed by atoms with van der Waals surface area (Å²) < 4.78 is 3.09. The Morgan fingerprint density at radius 1 is 0.929 bits per heavy atom. The maximum absolute atomic E-state index is 12.8. The molecule has 0 radical (unpaired) electrons. The molecular weight excluding hydrogens is 356 g/mol. The number of benzene rings is 2. The molecule has 7 heteroatoms. The number of nitrogens with one attached hydrogen (secondary N) is 1. The molecule has 1 N–H and O–H groups in total. The summed E-state index contributed by atoms with van der Waals surface area (Å²) in [6, 6.07) is 12.9. The van der Waals surface area contributed by atoms with Crippen molar-refractivity contribution in [3.63, 3.8) is 0 Å². The first-order chi connectivity index (χ1) is 13.4. The first-order valence-electron chi connectivity index (χ1n) is 9.02. The minimum absolute atomic E-state index is 0.0554. The molecule has 0 atom stereocenters. The fraction of sp³-hybridized carbons (Fsp3) is 0.190. The van der Waals surface area contributed by atoms with Crippen LogP contribution in [0.3, 0.4) is 0 Å². The van der Waals surface area contributed by atoms with Crippen molar-refractivity contribution in [2.45, 2.75) is 13.3 Å². The van der Waals surface area contributed by atoms with Crippen molar-refractivity contribution in [3.05, 3.63) is 69.6 Å². The fourth-order valence-corrected chi connectivity index (χ4v) is 3.40. The molecule has 28 heavy (non-hydrogen) atoms. The molecule has 7 nitrogen and oxygen atoms in total. The molecule has 2 aromatic carbocycles. The number of hydrazine groups is 1. The Labute approximate surface area is 161 Å². The SMILES string of the molecule is CCc1ccc(N2NC(=O)/C(=C\c3ccc4c(c3)n(C)c(=O)n4C)C2=O)cc1. The lowest BCUT2D eigenvalue weighted by molar-refractivity contribution is -0.117. The van der Waals surface area contributed by atoms with Gasteiger partial charge < -0.3 is 0 Å². The molecule has 0 spiro atoms. The Hall–Kier alpha value is -3.61. The predicted molar refractivity (Wildman–Crippen MR) is 108 cm³/mol. The zero-order valence-electron chi connectivity index (χ0n) is 15.9. The third-order valence-corrected chi connectivity index (χ3v) is 5.10. The van der Waals surface area contributed by atoms with E-state index in [0.29, 0.717) is 11.3 Å². The highest BCUT2D eigenvalue weighted by Crippen LogP contribution is 2.23. The van der Waals surface area contributed by atoms with Crippen molar-refractivity contribution in [2.75, 3.05) is 5.01 Å². The highest BCUT2D eigenvalue weighted by molar-refractivity contribution is 6.31. The van der Waals surface area contributed by atoms with Gasteiger partial charge in [0.1, 0.15) is 5.57 Å². The van der Waals surface area contributed by atoms with Crippen LogP contribution in [0.15, 0.2) is 52.8 Å². The van der Waals surface area contributed by atoms with Crippen molar-refractivity contribution in [1.82, 2.24) is 14.6 Å². The van der Waals surface area contributed by atoms with Gasteiger partial charge >= 0.3 is 5.69 Å². The molecule has 142 valence electrons.